The normalized spacial score (nSPS) is 18.4. The van der Waals surface area contributed by atoms with Crippen LogP contribution in [0, 0.1) is 0 Å². The molecule has 0 aromatic heterocycles. The van der Waals surface area contributed by atoms with Crippen LogP contribution in [0.2, 0.25) is 5.02 Å². The Morgan fingerprint density at radius 2 is 1.69 bits per heavy atom. The largest absolute Gasteiger partial charge is 0.417 e. The van der Waals surface area contributed by atoms with E-state index >= 15 is 0 Å². The summed E-state index contributed by atoms with van der Waals surface area (Å²) in [6.07, 6.45) is -4.64. The average molecular weight is 485 g/mol. The van der Waals surface area contributed by atoms with Crippen molar-refractivity contribution in [3.05, 3.63) is 47.0 Å². The quantitative estimate of drug-likeness (QED) is 0.643. The topological polar surface area (TPSA) is 66.5 Å². The van der Waals surface area contributed by atoms with Gasteiger partial charge in [-0.1, -0.05) is 36.5 Å². The third-order valence-corrected chi connectivity index (χ3v) is 8.08. The van der Waals surface area contributed by atoms with Crippen molar-refractivity contribution < 1.29 is 25.8 Å². The molecule has 0 bridgehead atoms. The molecule has 1 N–H and O–H groups in total. The van der Waals surface area contributed by atoms with Gasteiger partial charge in [-0.05, 0) is 29.8 Å². The second-order valence-corrected chi connectivity index (χ2v) is 10.8. The summed E-state index contributed by atoms with van der Waals surface area (Å²) < 4.78 is 80.1. The Bertz CT molecular complexity index is 1030. The molecule has 3 rings (SSSR count). The average Bonchev–Trinajstić information content (AvgIpc) is 2.66. The standard InChI is InChI=1S/C17H16ClF3N2O3S3/c18-15-10-12(22-27)9-14(17(19,20)21)16(15)11-1-3-13(4-2-11)28(24)23-5-7-29(25,26)8-6-23/h1-4,9-10,22,27H,5-8H2. The van der Waals surface area contributed by atoms with Crippen molar-refractivity contribution in [3.63, 3.8) is 0 Å². The van der Waals surface area contributed by atoms with Gasteiger partial charge in [0.05, 0.1) is 27.0 Å². The highest BCUT2D eigenvalue weighted by Gasteiger charge is 2.35. The van der Waals surface area contributed by atoms with Gasteiger partial charge in [-0.25, -0.2) is 16.9 Å². The number of alkyl halides is 3. The molecule has 12 heteroatoms. The minimum Gasteiger partial charge on any atom is -0.332 e. The number of anilines is 1. The predicted molar refractivity (Wildman–Crippen MR) is 111 cm³/mol. The third-order valence-electron chi connectivity index (χ3n) is 4.41. The van der Waals surface area contributed by atoms with Crippen molar-refractivity contribution in [3.8, 4) is 11.1 Å². The number of nitrogens with zero attached hydrogens (tertiary/aromatic N) is 1. The van der Waals surface area contributed by atoms with Crippen LogP contribution in [0.25, 0.3) is 11.1 Å². The highest BCUT2D eigenvalue weighted by Crippen LogP contribution is 2.43. The van der Waals surface area contributed by atoms with Crippen LogP contribution < -0.4 is 4.72 Å². The molecule has 158 valence electrons. The highest BCUT2D eigenvalue weighted by atomic mass is 35.5. The molecule has 0 saturated carbocycles. The maximum absolute atomic E-state index is 13.5. The molecule has 29 heavy (non-hydrogen) atoms. The Morgan fingerprint density at radius 3 is 2.21 bits per heavy atom. The minimum absolute atomic E-state index is 0.0765. The summed E-state index contributed by atoms with van der Waals surface area (Å²) in [6.45, 7) is 0.276. The molecule has 1 saturated heterocycles. The molecular weight excluding hydrogens is 469 g/mol. The van der Waals surface area contributed by atoms with E-state index in [0.29, 0.717) is 4.90 Å². The summed E-state index contributed by atoms with van der Waals surface area (Å²) in [6, 6.07) is 7.98. The number of nitrogens with one attached hydrogen (secondary N) is 1. The zero-order valence-electron chi connectivity index (χ0n) is 14.7. The molecule has 1 atom stereocenters. The number of halogens is 4. The van der Waals surface area contributed by atoms with Gasteiger partial charge in [0.2, 0.25) is 0 Å². The van der Waals surface area contributed by atoms with E-state index in [4.69, 9.17) is 11.6 Å². The van der Waals surface area contributed by atoms with Gasteiger partial charge < -0.3 is 4.72 Å². The molecule has 0 radical (unpaired) electrons. The van der Waals surface area contributed by atoms with Crippen molar-refractivity contribution in [2.24, 2.45) is 0 Å². The summed E-state index contributed by atoms with van der Waals surface area (Å²) in [5.74, 6) is -0.153. The second-order valence-electron chi connectivity index (χ2n) is 6.34. The smallest absolute Gasteiger partial charge is 0.332 e. The molecule has 2 aromatic carbocycles. The lowest BCUT2D eigenvalue weighted by Crippen LogP contribution is -2.41. The van der Waals surface area contributed by atoms with Gasteiger partial charge in [0.1, 0.15) is 11.0 Å². The number of hydrogen-bond donors (Lipinski definition) is 2. The van der Waals surface area contributed by atoms with Crippen molar-refractivity contribution in [2.75, 3.05) is 29.3 Å². The summed E-state index contributed by atoms with van der Waals surface area (Å²) in [4.78, 5) is 0.367. The zero-order chi connectivity index (χ0) is 21.4. The molecule has 0 aliphatic carbocycles. The number of hydrogen-bond acceptors (Lipinski definition) is 5. The summed E-state index contributed by atoms with van der Waals surface area (Å²) in [7, 11) is -4.72. The van der Waals surface area contributed by atoms with E-state index in [2.05, 4.69) is 17.5 Å². The predicted octanol–water partition coefficient (Wildman–Crippen LogP) is 4.04. The molecule has 1 aliphatic heterocycles. The van der Waals surface area contributed by atoms with Gasteiger partial charge in [0.25, 0.3) is 0 Å². The van der Waals surface area contributed by atoms with Crippen LogP contribution in [0.1, 0.15) is 5.56 Å². The van der Waals surface area contributed by atoms with Crippen LogP contribution in [0.15, 0.2) is 41.3 Å². The van der Waals surface area contributed by atoms with Crippen LogP contribution in [0.4, 0.5) is 18.9 Å². The van der Waals surface area contributed by atoms with E-state index in [0.717, 1.165) is 6.07 Å². The van der Waals surface area contributed by atoms with Crippen LogP contribution in [-0.4, -0.2) is 41.5 Å². The maximum atomic E-state index is 13.5. The minimum atomic E-state index is -4.64. The van der Waals surface area contributed by atoms with E-state index in [-0.39, 0.29) is 46.4 Å². The summed E-state index contributed by atoms with van der Waals surface area (Å²) >= 11 is 9.87. The zero-order valence-corrected chi connectivity index (χ0v) is 18.0. The first kappa shape index (κ1) is 22.4. The Kier molecular flexibility index (Phi) is 6.54. The Hall–Kier alpha value is -1.27. The maximum Gasteiger partial charge on any atom is 0.417 e. The lowest BCUT2D eigenvalue weighted by atomic mass is 9.98. The van der Waals surface area contributed by atoms with Crippen LogP contribution >= 0.6 is 24.4 Å². The molecule has 5 nitrogen and oxygen atoms in total. The number of rotatable bonds is 4. The highest BCUT2D eigenvalue weighted by molar-refractivity contribution is 7.91. The van der Waals surface area contributed by atoms with E-state index < -0.39 is 32.6 Å². The van der Waals surface area contributed by atoms with Gasteiger partial charge >= 0.3 is 6.18 Å². The molecule has 2 aromatic rings. The van der Waals surface area contributed by atoms with E-state index in [1.54, 1.807) is 0 Å². The number of sulfone groups is 1. The number of benzene rings is 2. The van der Waals surface area contributed by atoms with E-state index in [1.165, 1.54) is 34.6 Å². The lowest BCUT2D eigenvalue weighted by Gasteiger charge is -2.25. The van der Waals surface area contributed by atoms with Gasteiger partial charge in [0, 0.05) is 24.3 Å². The van der Waals surface area contributed by atoms with Gasteiger partial charge in [-0.3, -0.25) is 0 Å². The molecule has 0 spiro atoms. The van der Waals surface area contributed by atoms with Gasteiger partial charge in [-0.2, -0.15) is 13.2 Å². The monoisotopic (exact) mass is 484 g/mol. The first-order valence-electron chi connectivity index (χ1n) is 8.30. The van der Waals surface area contributed by atoms with Crippen LogP contribution in [-0.2, 0) is 27.0 Å². The van der Waals surface area contributed by atoms with E-state index in [9.17, 15) is 25.8 Å². The fourth-order valence-electron chi connectivity index (χ4n) is 2.94. The van der Waals surface area contributed by atoms with Crippen LogP contribution in [0.3, 0.4) is 0 Å². The Morgan fingerprint density at radius 1 is 1.10 bits per heavy atom. The third kappa shape index (κ3) is 5.08. The fourth-order valence-corrected chi connectivity index (χ4v) is 6.01. The van der Waals surface area contributed by atoms with Crippen molar-refractivity contribution in [1.82, 2.24) is 4.31 Å². The van der Waals surface area contributed by atoms with E-state index in [1.807, 2.05) is 0 Å². The molecule has 1 unspecified atom stereocenters. The molecule has 1 heterocycles. The lowest BCUT2D eigenvalue weighted by molar-refractivity contribution is -0.137. The van der Waals surface area contributed by atoms with Crippen molar-refractivity contribution >= 4 is 50.9 Å². The molecule has 0 amide bonds. The first-order valence-corrected chi connectivity index (χ1v) is 12.1. The molecular formula is C17H16ClF3N2O3S3. The Balaban J connectivity index is 1.92. The van der Waals surface area contributed by atoms with Gasteiger partial charge in [-0.15, -0.1) is 0 Å². The number of thiol groups is 1. The van der Waals surface area contributed by atoms with Crippen molar-refractivity contribution in [1.29, 1.82) is 0 Å². The SMILES string of the molecule is O=S(c1ccc(-c2c(Cl)cc(NS)cc2C(F)(F)F)cc1)N1CCS(=O)(=O)CC1. The summed E-state index contributed by atoms with van der Waals surface area (Å²) in [5, 5.41) is -0.105. The van der Waals surface area contributed by atoms with Crippen molar-refractivity contribution in [2.45, 2.75) is 11.1 Å². The molecule has 1 fully saturated rings. The Labute approximate surface area is 179 Å². The fraction of sp³-hybridized carbons (Fsp3) is 0.294. The van der Waals surface area contributed by atoms with Gasteiger partial charge in [0.15, 0.2) is 9.84 Å². The van der Waals surface area contributed by atoms with Crippen LogP contribution in [0.5, 0.6) is 0 Å². The molecule has 1 aliphatic rings. The first-order chi connectivity index (χ1) is 13.5. The second kappa shape index (κ2) is 8.46. The summed E-state index contributed by atoms with van der Waals surface area (Å²) in [5.41, 5.74) is -0.785.